The molecule has 0 aromatic carbocycles. The highest BCUT2D eigenvalue weighted by molar-refractivity contribution is 5.27. The van der Waals surface area contributed by atoms with Gasteiger partial charge in [0.2, 0.25) is 0 Å². The summed E-state index contributed by atoms with van der Waals surface area (Å²) >= 11 is 0. The van der Waals surface area contributed by atoms with Gasteiger partial charge in [-0.15, -0.1) is 0 Å². The molecular formula is C5H5NO2. The van der Waals surface area contributed by atoms with Crippen molar-refractivity contribution in [1.29, 1.82) is 5.26 Å². The van der Waals surface area contributed by atoms with Crippen molar-refractivity contribution < 1.29 is 9.84 Å². The molecule has 0 amide bonds. The SMILES string of the molecule is N#CC1=C(O)COC1. The quantitative estimate of drug-likeness (QED) is 0.490. The number of hydrogen-bond acceptors (Lipinski definition) is 3. The first-order chi connectivity index (χ1) is 3.84. The lowest BCUT2D eigenvalue weighted by atomic mass is 10.3. The van der Waals surface area contributed by atoms with Crippen LogP contribution in [0.1, 0.15) is 0 Å². The maximum atomic E-state index is 8.72. The van der Waals surface area contributed by atoms with Gasteiger partial charge in [0.15, 0.2) is 0 Å². The second-order valence-corrected chi connectivity index (χ2v) is 1.53. The van der Waals surface area contributed by atoms with E-state index in [4.69, 9.17) is 15.1 Å². The third-order valence-corrected chi connectivity index (χ3v) is 0.968. The molecule has 0 atom stereocenters. The van der Waals surface area contributed by atoms with Gasteiger partial charge in [0.1, 0.15) is 18.4 Å². The Morgan fingerprint density at radius 1 is 1.62 bits per heavy atom. The van der Waals surface area contributed by atoms with Gasteiger partial charge >= 0.3 is 0 Å². The Bertz CT molecular complexity index is 166. The van der Waals surface area contributed by atoms with E-state index in [0.29, 0.717) is 5.57 Å². The summed E-state index contributed by atoms with van der Waals surface area (Å²) in [6.45, 7) is 0.464. The lowest BCUT2D eigenvalue weighted by Gasteiger charge is -1.82. The first-order valence-electron chi connectivity index (χ1n) is 2.23. The predicted molar refractivity (Wildman–Crippen MR) is 26.1 cm³/mol. The Morgan fingerprint density at radius 2 is 2.38 bits per heavy atom. The van der Waals surface area contributed by atoms with E-state index in [1.165, 1.54) is 0 Å². The van der Waals surface area contributed by atoms with Crippen molar-refractivity contribution in [2.75, 3.05) is 13.2 Å². The molecule has 1 rings (SSSR count). The van der Waals surface area contributed by atoms with Gasteiger partial charge in [-0.1, -0.05) is 0 Å². The Labute approximate surface area is 46.8 Å². The molecule has 0 aromatic rings. The Morgan fingerprint density at radius 3 is 2.62 bits per heavy atom. The molecule has 1 aliphatic rings. The predicted octanol–water partition coefficient (Wildman–Crippen LogP) is 0.352. The van der Waals surface area contributed by atoms with E-state index in [1.54, 1.807) is 0 Å². The van der Waals surface area contributed by atoms with E-state index in [9.17, 15) is 0 Å². The fourth-order valence-electron chi connectivity index (χ4n) is 0.517. The van der Waals surface area contributed by atoms with Crippen LogP contribution >= 0.6 is 0 Å². The molecule has 0 bridgehead atoms. The first-order valence-corrected chi connectivity index (χ1v) is 2.23. The molecule has 3 nitrogen and oxygen atoms in total. The minimum atomic E-state index is 0.0764. The van der Waals surface area contributed by atoms with Gasteiger partial charge in [0.05, 0.1) is 12.2 Å². The lowest BCUT2D eigenvalue weighted by Crippen LogP contribution is -1.83. The number of rotatable bonds is 0. The second-order valence-electron chi connectivity index (χ2n) is 1.53. The maximum Gasteiger partial charge on any atom is 0.134 e. The number of aliphatic hydroxyl groups is 1. The highest BCUT2D eigenvalue weighted by atomic mass is 16.5. The number of aliphatic hydroxyl groups excluding tert-OH is 1. The van der Waals surface area contributed by atoms with E-state index in [1.807, 2.05) is 6.07 Å². The molecule has 0 aliphatic carbocycles. The van der Waals surface area contributed by atoms with Crippen LogP contribution in [0.25, 0.3) is 0 Å². The van der Waals surface area contributed by atoms with Crippen LogP contribution in [0.2, 0.25) is 0 Å². The average Bonchev–Trinajstić information content (AvgIpc) is 2.14. The topological polar surface area (TPSA) is 53.2 Å². The van der Waals surface area contributed by atoms with Gasteiger partial charge in [-0.05, 0) is 0 Å². The van der Waals surface area contributed by atoms with Gasteiger partial charge in [-0.2, -0.15) is 5.26 Å². The van der Waals surface area contributed by atoms with Crippen LogP contribution < -0.4 is 0 Å². The minimum Gasteiger partial charge on any atom is -0.509 e. The smallest absolute Gasteiger partial charge is 0.134 e. The number of nitrogens with zero attached hydrogens (tertiary/aromatic N) is 1. The second kappa shape index (κ2) is 1.85. The Kier molecular flexibility index (Phi) is 1.18. The van der Waals surface area contributed by atoms with Gasteiger partial charge in [0.25, 0.3) is 0 Å². The summed E-state index contributed by atoms with van der Waals surface area (Å²) in [7, 11) is 0. The van der Waals surface area contributed by atoms with E-state index in [2.05, 4.69) is 0 Å². The summed E-state index contributed by atoms with van der Waals surface area (Å²) in [6, 6.07) is 1.82. The van der Waals surface area contributed by atoms with Crippen LogP contribution in [0.5, 0.6) is 0 Å². The summed E-state index contributed by atoms with van der Waals surface area (Å²) in [5.74, 6) is 0.0764. The minimum absolute atomic E-state index is 0.0764. The van der Waals surface area contributed by atoms with Crippen molar-refractivity contribution in [3.63, 3.8) is 0 Å². The summed E-state index contributed by atoms with van der Waals surface area (Å²) in [5, 5.41) is 16.9. The van der Waals surface area contributed by atoms with Crippen molar-refractivity contribution in [3.8, 4) is 6.07 Å². The van der Waals surface area contributed by atoms with E-state index >= 15 is 0 Å². The zero-order valence-corrected chi connectivity index (χ0v) is 4.22. The average molecular weight is 111 g/mol. The Hall–Kier alpha value is -1.01. The highest BCUT2D eigenvalue weighted by Gasteiger charge is 2.11. The zero-order chi connectivity index (χ0) is 5.98. The van der Waals surface area contributed by atoms with Crippen LogP contribution in [0, 0.1) is 11.3 Å². The molecule has 42 valence electrons. The molecule has 0 fully saturated rings. The molecule has 1 aliphatic heterocycles. The van der Waals surface area contributed by atoms with Crippen molar-refractivity contribution in [3.05, 3.63) is 11.3 Å². The highest BCUT2D eigenvalue weighted by Crippen LogP contribution is 2.08. The number of nitriles is 1. The largest absolute Gasteiger partial charge is 0.509 e. The lowest BCUT2D eigenvalue weighted by molar-refractivity contribution is 0.182. The van der Waals surface area contributed by atoms with E-state index in [0.717, 1.165) is 0 Å². The molecule has 0 radical (unpaired) electrons. The van der Waals surface area contributed by atoms with Crippen LogP contribution in [-0.2, 0) is 4.74 Å². The molecule has 0 unspecified atom stereocenters. The normalized spacial score (nSPS) is 18.9. The van der Waals surface area contributed by atoms with Crippen LogP contribution in [0.4, 0.5) is 0 Å². The van der Waals surface area contributed by atoms with E-state index in [-0.39, 0.29) is 19.0 Å². The van der Waals surface area contributed by atoms with Gasteiger partial charge in [-0.3, -0.25) is 0 Å². The van der Waals surface area contributed by atoms with E-state index < -0.39 is 0 Å². The molecule has 1 heterocycles. The van der Waals surface area contributed by atoms with Gasteiger partial charge < -0.3 is 9.84 Å². The van der Waals surface area contributed by atoms with Gasteiger partial charge in [0, 0.05) is 0 Å². The molecule has 0 saturated carbocycles. The van der Waals surface area contributed by atoms with Crippen molar-refractivity contribution >= 4 is 0 Å². The molecule has 0 aromatic heterocycles. The van der Waals surface area contributed by atoms with Crippen LogP contribution in [0.3, 0.4) is 0 Å². The van der Waals surface area contributed by atoms with Crippen LogP contribution in [0.15, 0.2) is 11.3 Å². The fourth-order valence-corrected chi connectivity index (χ4v) is 0.517. The monoisotopic (exact) mass is 111 g/mol. The van der Waals surface area contributed by atoms with Crippen LogP contribution in [-0.4, -0.2) is 18.3 Å². The number of ether oxygens (including phenoxy) is 1. The van der Waals surface area contributed by atoms with Crippen molar-refractivity contribution in [1.82, 2.24) is 0 Å². The zero-order valence-electron chi connectivity index (χ0n) is 4.22. The molecule has 0 saturated heterocycles. The van der Waals surface area contributed by atoms with Crippen molar-refractivity contribution in [2.24, 2.45) is 0 Å². The third-order valence-electron chi connectivity index (χ3n) is 0.968. The molecule has 3 heteroatoms. The molecular weight excluding hydrogens is 106 g/mol. The van der Waals surface area contributed by atoms with Gasteiger partial charge in [-0.25, -0.2) is 0 Å². The molecule has 8 heavy (non-hydrogen) atoms. The molecule has 0 spiro atoms. The Balaban J connectivity index is 2.77. The maximum absolute atomic E-state index is 8.72. The molecule has 1 N–H and O–H groups in total. The fraction of sp³-hybridized carbons (Fsp3) is 0.400. The summed E-state index contributed by atoms with van der Waals surface area (Å²) in [4.78, 5) is 0. The summed E-state index contributed by atoms with van der Waals surface area (Å²) in [6.07, 6.45) is 0. The summed E-state index contributed by atoms with van der Waals surface area (Å²) < 4.78 is 4.71. The van der Waals surface area contributed by atoms with Crippen molar-refractivity contribution in [2.45, 2.75) is 0 Å². The number of hydrogen-bond donors (Lipinski definition) is 1. The third kappa shape index (κ3) is 0.658. The first kappa shape index (κ1) is 5.13. The standard InChI is InChI=1S/C5H5NO2/c6-1-4-2-8-3-5(4)7/h7H,2-3H2. The summed E-state index contributed by atoms with van der Waals surface area (Å²) in [5.41, 5.74) is 0.352.